The van der Waals surface area contributed by atoms with Gasteiger partial charge in [0.05, 0.1) is 26.0 Å². The van der Waals surface area contributed by atoms with E-state index in [9.17, 15) is 4.79 Å². The van der Waals surface area contributed by atoms with Crippen molar-refractivity contribution in [3.8, 4) is 11.5 Å². The number of carbonyl (C=O) groups is 1. The first-order chi connectivity index (χ1) is 16.5. The Hall–Kier alpha value is -3.49. The summed E-state index contributed by atoms with van der Waals surface area (Å²) in [6.07, 6.45) is 2.35. The van der Waals surface area contributed by atoms with Crippen molar-refractivity contribution in [2.24, 2.45) is 5.10 Å². The lowest BCUT2D eigenvalue weighted by atomic mass is 10.2. The second kappa shape index (κ2) is 10.6. The van der Waals surface area contributed by atoms with Crippen LogP contribution in [-0.4, -0.2) is 44.1 Å². The zero-order valence-corrected chi connectivity index (χ0v) is 20.0. The standard InChI is InChI=1S/C25H26ClN3O5/c1-4-33-11-5-10-29-21-8-6-18(32-3)14-19(21)20(24(29)26)15-27-28-25(30)23-13-16-12-17(31-2)7-9-22(16)34-23/h6-9,12-15H,4-5,10-11H2,1-3H3,(H,28,30)/b27-15+. The van der Waals surface area contributed by atoms with Crippen LogP contribution in [0.4, 0.5) is 0 Å². The van der Waals surface area contributed by atoms with Gasteiger partial charge >= 0.3 is 5.91 Å². The average molecular weight is 484 g/mol. The first-order valence-corrected chi connectivity index (χ1v) is 11.3. The zero-order valence-electron chi connectivity index (χ0n) is 19.3. The third-order valence-corrected chi connectivity index (χ3v) is 5.83. The Morgan fingerprint density at radius 3 is 2.68 bits per heavy atom. The molecule has 1 amide bonds. The highest BCUT2D eigenvalue weighted by molar-refractivity contribution is 6.34. The van der Waals surface area contributed by atoms with Crippen LogP contribution in [0, 0.1) is 0 Å². The number of methoxy groups -OCH3 is 2. The Balaban J connectivity index is 1.57. The third kappa shape index (κ3) is 4.88. The molecule has 8 nitrogen and oxygen atoms in total. The largest absolute Gasteiger partial charge is 0.497 e. The van der Waals surface area contributed by atoms with Gasteiger partial charge in [0, 0.05) is 36.1 Å². The Kier molecular flexibility index (Phi) is 7.40. The van der Waals surface area contributed by atoms with Gasteiger partial charge in [-0.25, -0.2) is 5.43 Å². The monoisotopic (exact) mass is 483 g/mol. The number of hydrogen-bond donors (Lipinski definition) is 1. The second-order valence-electron chi connectivity index (χ2n) is 7.50. The Morgan fingerprint density at radius 2 is 1.91 bits per heavy atom. The van der Waals surface area contributed by atoms with Crippen LogP contribution in [0.5, 0.6) is 11.5 Å². The van der Waals surface area contributed by atoms with Crippen molar-refractivity contribution in [2.45, 2.75) is 19.9 Å². The summed E-state index contributed by atoms with van der Waals surface area (Å²) in [7, 11) is 3.19. The SMILES string of the molecule is CCOCCCn1c(Cl)c(/C=N/NC(=O)c2cc3cc(OC)ccc3o2)c2cc(OC)ccc21. The summed E-state index contributed by atoms with van der Waals surface area (Å²) in [4.78, 5) is 12.6. The number of halogens is 1. The first-order valence-electron chi connectivity index (χ1n) is 10.9. The van der Waals surface area contributed by atoms with E-state index in [2.05, 4.69) is 10.5 Å². The molecule has 1 N–H and O–H groups in total. The molecule has 0 aliphatic carbocycles. The second-order valence-corrected chi connectivity index (χ2v) is 7.86. The van der Waals surface area contributed by atoms with Crippen molar-refractivity contribution >= 4 is 45.6 Å². The molecular weight excluding hydrogens is 458 g/mol. The van der Waals surface area contributed by atoms with Gasteiger partial charge in [0.25, 0.3) is 0 Å². The number of ether oxygens (including phenoxy) is 3. The summed E-state index contributed by atoms with van der Waals surface area (Å²) >= 11 is 6.72. The van der Waals surface area contributed by atoms with Crippen molar-refractivity contribution in [1.29, 1.82) is 0 Å². The summed E-state index contributed by atoms with van der Waals surface area (Å²) in [6.45, 7) is 3.97. The van der Waals surface area contributed by atoms with Crippen molar-refractivity contribution in [3.05, 3.63) is 58.9 Å². The van der Waals surface area contributed by atoms with E-state index in [1.165, 1.54) is 6.21 Å². The van der Waals surface area contributed by atoms with E-state index in [4.69, 9.17) is 30.2 Å². The van der Waals surface area contributed by atoms with E-state index in [1.807, 2.05) is 29.7 Å². The van der Waals surface area contributed by atoms with Gasteiger partial charge in [-0.1, -0.05) is 11.6 Å². The van der Waals surface area contributed by atoms with Crippen molar-refractivity contribution in [2.75, 3.05) is 27.4 Å². The Morgan fingerprint density at radius 1 is 1.15 bits per heavy atom. The van der Waals surface area contributed by atoms with Crippen LogP contribution in [0.3, 0.4) is 0 Å². The Labute approximate surface area is 202 Å². The molecule has 0 aliphatic rings. The van der Waals surface area contributed by atoms with E-state index in [0.717, 1.165) is 22.7 Å². The topological polar surface area (TPSA) is 87.2 Å². The molecule has 0 saturated carbocycles. The highest BCUT2D eigenvalue weighted by Crippen LogP contribution is 2.32. The highest BCUT2D eigenvalue weighted by Gasteiger charge is 2.16. The normalized spacial score (nSPS) is 11.5. The van der Waals surface area contributed by atoms with Crippen LogP contribution in [0.15, 0.2) is 52.0 Å². The third-order valence-electron chi connectivity index (χ3n) is 5.43. The van der Waals surface area contributed by atoms with Gasteiger partial charge < -0.3 is 23.2 Å². The molecule has 0 aliphatic heterocycles. The lowest BCUT2D eigenvalue weighted by molar-refractivity contribution is 0.0929. The molecule has 0 radical (unpaired) electrons. The molecule has 0 atom stereocenters. The minimum atomic E-state index is -0.472. The van der Waals surface area contributed by atoms with E-state index >= 15 is 0 Å². The van der Waals surface area contributed by atoms with Crippen LogP contribution < -0.4 is 14.9 Å². The first kappa shape index (κ1) is 23.7. The quantitative estimate of drug-likeness (QED) is 0.189. The fraction of sp³-hybridized carbons (Fsp3) is 0.280. The molecule has 0 unspecified atom stereocenters. The minimum absolute atomic E-state index is 0.145. The number of nitrogens with zero attached hydrogens (tertiary/aromatic N) is 2. The van der Waals surface area contributed by atoms with Crippen LogP contribution in [0.1, 0.15) is 29.5 Å². The number of aryl methyl sites for hydroxylation is 1. The predicted octanol–water partition coefficient (Wildman–Crippen LogP) is 5.25. The van der Waals surface area contributed by atoms with E-state index in [-0.39, 0.29) is 5.76 Å². The average Bonchev–Trinajstić information content (AvgIpc) is 3.40. The van der Waals surface area contributed by atoms with Crippen molar-refractivity contribution < 1.29 is 23.4 Å². The van der Waals surface area contributed by atoms with Gasteiger partial charge in [-0.2, -0.15) is 5.10 Å². The van der Waals surface area contributed by atoms with Crippen LogP contribution in [0.25, 0.3) is 21.9 Å². The molecule has 0 spiro atoms. The maximum atomic E-state index is 12.6. The van der Waals surface area contributed by atoms with E-state index in [1.54, 1.807) is 38.5 Å². The molecule has 2 heterocycles. The van der Waals surface area contributed by atoms with Crippen LogP contribution >= 0.6 is 11.6 Å². The van der Waals surface area contributed by atoms with Gasteiger partial charge in [0.15, 0.2) is 5.76 Å². The number of hydrazone groups is 1. The molecule has 2 aromatic carbocycles. The molecule has 4 rings (SSSR count). The number of furan rings is 1. The number of hydrogen-bond acceptors (Lipinski definition) is 6. The minimum Gasteiger partial charge on any atom is -0.497 e. The van der Waals surface area contributed by atoms with Gasteiger partial charge in [-0.15, -0.1) is 0 Å². The van der Waals surface area contributed by atoms with Gasteiger partial charge in [0.1, 0.15) is 22.2 Å². The van der Waals surface area contributed by atoms with E-state index in [0.29, 0.717) is 47.6 Å². The summed E-state index contributed by atoms with van der Waals surface area (Å²) in [5, 5.41) is 6.29. The summed E-state index contributed by atoms with van der Waals surface area (Å²) in [6, 6.07) is 12.7. The van der Waals surface area contributed by atoms with Gasteiger partial charge in [-0.3, -0.25) is 4.79 Å². The van der Waals surface area contributed by atoms with E-state index < -0.39 is 5.91 Å². The smallest absolute Gasteiger partial charge is 0.307 e. The molecule has 178 valence electrons. The number of carbonyl (C=O) groups excluding carboxylic acids is 1. The lowest BCUT2D eigenvalue weighted by Gasteiger charge is -2.07. The number of benzene rings is 2. The number of rotatable bonds is 10. The highest BCUT2D eigenvalue weighted by atomic mass is 35.5. The summed E-state index contributed by atoms with van der Waals surface area (Å²) < 4.78 is 23.7. The molecule has 0 fully saturated rings. The number of amides is 1. The number of aromatic nitrogens is 1. The molecule has 2 aromatic heterocycles. The molecule has 9 heteroatoms. The summed E-state index contributed by atoms with van der Waals surface area (Å²) in [5.41, 5.74) is 4.72. The number of fused-ring (bicyclic) bond motifs is 2. The zero-order chi connectivity index (χ0) is 24.1. The molecule has 4 aromatic rings. The fourth-order valence-electron chi connectivity index (χ4n) is 3.74. The number of nitrogens with one attached hydrogen (secondary N) is 1. The molecule has 34 heavy (non-hydrogen) atoms. The maximum Gasteiger partial charge on any atom is 0.307 e. The summed E-state index contributed by atoms with van der Waals surface area (Å²) in [5.74, 6) is 1.06. The fourth-order valence-corrected chi connectivity index (χ4v) is 4.06. The van der Waals surface area contributed by atoms with Crippen LogP contribution in [-0.2, 0) is 11.3 Å². The van der Waals surface area contributed by atoms with Gasteiger partial charge in [0.2, 0.25) is 0 Å². The van der Waals surface area contributed by atoms with Crippen molar-refractivity contribution in [3.63, 3.8) is 0 Å². The molecule has 0 bridgehead atoms. The van der Waals surface area contributed by atoms with Gasteiger partial charge in [-0.05, 0) is 55.8 Å². The molecule has 0 saturated heterocycles. The lowest BCUT2D eigenvalue weighted by Crippen LogP contribution is -2.16. The van der Waals surface area contributed by atoms with Crippen LogP contribution in [0.2, 0.25) is 5.15 Å². The molecular formula is C25H26ClN3O5. The maximum absolute atomic E-state index is 12.6. The van der Waals surface area contributed by atoms with Crippen molar-refractivity contribution in [1.82, 2.24) is 9.99 Å². The predicted molar refractivity (Wildman–Crippen MR) is 132 cm³/mol. The Bertz CT molecular complexity index is 1340.